The van der Waals surface area contributed by atoms with Gasteiger partial charge < -0.3 is 72.9 Å². The molecule has 0 spiro atoms. The summed E-state index contributed by atoms with van der Waals surface area (Å²) in [5, 5.41) is 20.0. The average Bonchev–Trinajstić information content (AvgIpc) is 3.91. The van der Waals surface area contributed by atoms with Crippen LogP contribution < -0.4 is 71.8 Å². The van der Waals surface area contributed by atoms with E-state index < -0.39 is 11.9 Å². The van der Waals surface area contributed by atoms with Gasteiger partial charge in [-0.2, -0.15) is 9.13 Å². The maximum absolute atomic E-state index is 9.55. The van der Waals surface area contributed by atoms with Crippen LogP contribution in [0.3, 0.4) is 0 Å². The zero-order valence-electron chi connectivity index (χ0n) is 33.0. The number of benzene rings is 4. The molecule has 0 radical (unpaired) electrons. The molecule has 0 saturated carbocycles. The molecule has 0 fully saturated rings. The number of carboxylic acids is 2. The molecular formula is C44H40Cl2N2O12. The van der Waals surface area contributed by atoms with Gasteiger partial charge in [-0.3, -0.25) is 0 Å². The Labute approximate surface area is 356 Å². The van der Waals surface area contributed by atoms with E-state index in [0.29, 0.717) is 25.7 Å². The topological polar surface area (TPSA) is 156 Å². The van der Waals surface area contributed by atoms with E-state index in [4.69, 9.17) is 48.1 Å². The molecule has 0 saturated heterocycles. The number of carboxylic acid groups (broad SMARTS) is 2. The zero-order chi connectivity index (χ0) is 40.5. The Kier molecular flexibility index (Phi) is 13.0. The van der Waals surface area contributed by atoms with Crippen LogP contribution in [0.4, 0.5) is 0 Å². The first kappa shape index (κ1) is 43.0. The van der Waals surface area contributed by atoms with Crippen molar-refractivity contribution in [1.29, 1.82) is 0 Å². The molecule has 0 amide bonds. The van der Waals surface area contributed by atoms with Crippen molar-refractivity contribution in [3.63, 3.8) is 0 Å². The van der Waals surface area contributed by atoms with Gasteiger partial charge in [0.05, 0.1) is 50.3 Å². The summed E-state index contributed by atoms with van der Waals surface area (Å²) in [5.74, 6) is 3.85. The highest BCUT2D eigenvalue weighted by atomic mass is 35.5. The number of methoxy groups -OCH3 is 4. The Hall–Kier alpha value is -6.64. The molecule has 4 aliphatic heterocycles. The largest absolute Gasteiger partial charge is 1.00 e. The third kappa shape index (κ3) is 8.16. The second kappa shape index (κ2) is 18.1. The number of aryl methyl sites for hydroxylation is 4. The molecule has 0 bridgehead atoms. The van der Waals surface area contributed by atoms with E-state index >= 15 is 0 Å². The van der Waals surface area contributed by atoms with Crippen LogP contribution in [0.15, 0.2) is 85.2 Å². The predicted octanol–water partition coefficient (Wildman–Crippen LogP) is -0.0876. The fraction of sp³-hybridized carbons (Fsp3) is 0.227. The molecule has 2 N–H and O–H groups in total. The van der Waals surface area contributed by atoms with Crippen LogP contribution in [0.2, 0.25) is 0 Å². The lowest BCUT2D eigenvalue weighted by Crippen LogP contribution is -3.00. The fourth-order valence-electron chi connectivity index (χ4n) is 7.68. The van der Waals surface area contributed by atoms with Crippen LogP contribution in [0.1, 0.15) is 11.1 Å². The first-order chi connectivity index (χ1) is 28.2. The molecule has 16 heteroatoms. The summed E-state index contributed by atoms with van der Waals surface area (Å²) in [6.45, 7) is 2.43. The summed E-state index contributed by atoms with van der Waals surface area (Å²) in [4.78, 5) is 19.1. The van der Waals surface area contributed by atoms with Crippen LogP contribution in [-0.2, 0) is 35.5 Å². The Morgan fingerprint density at radius 1 is 0.567 bits per heavy atom. The number of fused-ring (bicyclic) bond motifs is 10. The van der Waals surface area contributed by atoms with Gasteiger partial charge in [0, 0.05) is 37.1 Å². The van der Waals surface area contributed by atoms with Crippen LogP contribution in [0.5, 0.6) is 46.0 Å². The molecule has 6 heterocycles. The van der Waals surface area contributed by atoms with Gasteiger partial charge in [-0.1, -0.05) is 0 Å². The van der Waals surface area contributed by atoms with E-state index in [9.17, 15) is 9.59 Å². The highest BCUT2D eigenvalue weighted by molar-refractivity contribution is 5.93. The van der Waals surface area contributed by atoms with E-state index in [-0.39, 0.29) is 24.8 Å². The number of ether oxygens (including phenoxy) is 8. The molecule has 14 nitrogen and oxygen atoms in total. The normalized spacial score (nSPS) is 13.1. The number of nitrogens with zero attached hydrogens (tertiary/aromatic N) is 2. The Balaban J connectivity index is 0.000000166. The highest BCUT2D eigenvalue weighted by Gasteiger charge is 2.30. The number of hydrogen-bond donors (Lipinski definition) is 2. The van der Waals surface area contributed by atoms with Crippen molar-refractivity contribution in [3.05, 3.63) is 96.3 Å². The lowest BCUT2D eigenvalue weighted by molar-refractivity contribution is -0.686. The van der Waals surface area contributed by atoms with E-state index in [1.807, 2.05) is 12.1 Å². The molecular weight excluding hydrogens is 819 g/mol. The lowest BCUT2D eigenvalue weighted by atomic mass is 9.95. The minimum Gasteiger partial charge on any atom is -1.00 e. The standard InChI is InChI=1S/2C20H18NO4.C4H4O4.2ClH/c2*1-22-17-4-3-12-7-16-14-9-19-18(24-11-25-19)8-13(14)5-6-21(16)10-15(12)20(17)23-2;5-3(6)1-2-4(7)8;;/h2*3-4,7-10H,5-6,11H2,1-2H3;1-2H,(H,5,6)(H,7,8);2*1H/q2*+1;;;/p-2/b;;2-1+;;. The number of rotatable bonds is 6. The van der Waals surface area contributed by atoms with E-state index in [1.165, 1.54) is 33.6 Å². The van der Waals surface area contributed by atoms with Crippen molar-refractivity contribution in [3.8, 4) is 68.5 Å². The second-order valence-electron chi connectivity index (χ2n) is 13.5. The predicted molar refractivity (Wildman–Crippen MR) is 209 cm³/mol. The third-order valence-corrected chi connectivity index (χ3v) is 10.4. The number of aliphatic carboxylic acids is 2. The van der Waals surface area contributed by atoms with E-state index in [1.54, 1.807) is 28.4 Å². The molecule has 4 aromatic carbocycles. The highest BCUT2D eigenvalue weighted by Crippen LogP contribution is 2.43. The van der Waals surface area contributed by atoms with Crippen LogP contribution in [0.25, 0.3) is 44.1 Å². The molecule has 2 aromatic heterocycles. The first-order valence-corrected chi connectivity index (χ1v) is 18.4. The van der Waals surface area contributed by atoms with Gasteiger partial charge >= 0.3 is 11.9 Å². The van der Waals surface area contributed by atoms with E-state index in [0.717, 1.165) is 93.5 Å². The van der Waals surface area contributed by atoms with Gasteiger partial charge in [0.2, 0.25) is 25.0 Å². The quantitative estimate of drug-likeness (QED) is 0.170. The number of halogens is 2. The molecule has 0 aliphatic carbocycles. The minimum atomic E-state index is -1.26. The van der Waals surface area contributed by atoms with Crippen LogP contribution in [0, 0.1) is 0 Å². The maximum Gasteiger partial charge on any atom is 0.328 e. The number of pyridine rings is 2. The summed E-state index contributed by atoms with van der Waals surface area (Å²) in [5.41, 5.74) is 7.35. The van der Waals surface area contributed by atoms with Gasteiger partial charge in [-0.25, -0.2) is 9.59 Å². The van der Waals surface area contributed by atoms with Crippen molar-refractivity contribution in [2.45, 2.75) is 25.9 Å². The summed E-state index contributed by atoms with van der Waals surface area (Å²) >= 11 is 0. The number of hydrogen-bond acceptors (Lipinski definition) is 10. The van der Waals surface area contributed by atoms with Gasteiger partial charge in [-0.05, 0) is 70.4 Å². The zero-order valence-corrected chi connectivity index (χ0v) is 34.5. The van der Waals surface area contributed by atoms with Crippen molar-refractivity contribution >= 4 is 33.5 Å². The average molecular weight is 860 g/mol. The molecule has 10 rings (SSSR count). The first-order valence-electron chi connectivity index (χ1n) is 18.4. The molecule has 6 aromatic rings. The lowest BCUT2D eigenvalue weighted by Gasteiger charge is -2.17. The van der Waals surface area contributed by atoms with Crippen molar-refractivity contribution in [2.24, 2.45) is 0 Å². The second-order valence-corrected chi connectivity index (χ2v) is 13.5. The summed E-state index contributed by atoms with van der Waals surface area (Å²) < 4.78 is 48.8. The van der Waals surface area contributed by atoms with Gasteiger partial charge in [-0.15, -0.1) is 0 Å². The Bertz CT molecular complexity index is 2490. The van der Waals surface area contributed by atoms with Crippen molar-refractivity contribution in [1.82, 2.24) is 0 Å². The summed E-state index contributed by atoms with van der Waals surface area (Å²) in [6.07, 6.45) is 7.34. The number of aromatic nitrogens is 2. The van der Waals surface area contributed by atoms with Gasteiger partial charge in [0.25, 0.3) is 0 Å². The van der Waals surface area contributed by atoms with Gasteiger partial charge in [0.15, 0.2) is 71.5 Å². The molecule has 0 unspecified atom stereocenters. The SMILES string of the molecule is COc1ccc2cc3[n+](cc2c1OC)CCc1cc2c(cc1-3)OCO2.COc1ccc2cc3[n+](cc2c1OC)CCc1cc2c(cc1-3)OCO2.O=C(O)/C=C/C(=O)O.[Cl-].[Cl-]. The van der Waals surface area contributed by atoms with Crippen LogP contribution >= 0.6 is 0 Å². The number of carbonyl (C=O) groups is 2. The molecule has 60 heavy (non-hydrogen) atoms. The molecule has 4 aliphatic rings. The van der Waals surface area contributed by atoms with Gasteiger partial charge in [0.1, 0.15) is 0 Å². The summed E-state index contributed by atoms with van der Waals surface area (Å²) in [6, 6.07) is 20.8. The molecule has 312 valence electrons. The Morgan fingerprint density at radius 2 is 0.950 bits per heavy atom. The Morgan fingerprint density at radius 3 is 1.30 bits per heavy atom. The van der Waals surface area contributed by atoms with Crippen LogP contribution in [-0.4, -0.2) is 64.2 Å². The smallest absolute Gasteiger partial charge is 0.328 e. The fourth-order valence-corrected chi connectivity index (χ4v) is 7.68. The third-order valence-electron chi connectivity index (χ3n) is 10.4. The van der Waals surface area contributed by atoms with E-state index in [2.05, 4.69) is 70.1 Å². The molecule has 0 atom stereocenters. The van der Waals surface area contributed by atoms with Crippen molar-refractivity contribution < 1.29 is 91.6 Å². The summed E-state index contributed by atoms with van der Waals surface area (Å²) in [7, 11) is 6.68. The minimum absolute atomic E-state index is 0. The monoisotopic (exact) mass is 858 g/mol. The maximum atomic E-state index is 9.55. The van der Waals surface area contributed by atoms with Crippen molar-refractivity contribution in [2.75, 3.05) is 42.0 Å².